The van der Waals surface area contributed by atoms with Crippen LogP contribution < -0.4 is 11.2 Å². The maximum atomic E-state index is 11.8. The standard InChI is InChI=1S/C10H13ClN4O2/c1-14-8-7(9(16)15(2)10(14)17)12-6(13-8)4-3-5-11/h3-5H2,1-2H3,(H,12,13). The number of rotatable bonds is 3. The predicted octanol–water partition coefficient (Wildman–Crippen LogP) is 0.132. The maximum Gasteiger partial charge on any atom is 0.332 e. The summed E-state index contributed by atoms with van der Waals surface area (Å²) >= 11 is 5.60. The van der Waals surface area contributed by atoms with Crippen molar-refractivity contribution in [3.8, 4) is 0 Å². The minimum atomic E-state index is -0.377. The fraction of sp³-hybridized carbons (Fsp3) is 0.500. The molecule has 17 heavy (non-hydrogen) atoms. The van der Waals surface area contributed by atoms with Crippen LogP contribution in [-0.2, 0) is 20.5 Å². The first kappa shape index (κ1) is 11.9. The zero-order chi connectivity index (χ0) is 12.6. The van der Waals surface area contributed by atoms with Gasteiger partial charge in [-0.05, 0) is 6.42 Å². The number of hydrogen-bond donors (Lipinski definition) is 1. The summed E-state index contributed by atoms with van der Waals surface area (Å²) < 4.78 is 2.42. The first-order valence-electron chi connectivity index (χ1n) is 5.27. The maximum absolute atomic E-state index is 11.8. The summed E-state index contributed by atoms with van der Waals surface area (Å²) in [4.78, 5) is 30.7. The van der Waals surface area contributed by atoms with Crippen molar-refractivity contribution in [2.75, 3.05) is 5.88 Å². The molecule has 0 spiro atoms. The molecule has 2 heterocycles. The van der Waals surface area contributed by atoms with Gasteiger partial charge in [-0.1, -0.05) is 0 Å². The third kappa shape index (κ3) is 1.88. The van der Waals surface area contributed by atoms with Crippen LogP contribution in [0.5, 0.6) is 0 Å². The van der Waals surface area contributed by atoms with Crippen molar-refractivity contribution in [3.05, 3.63) is 26.7 Å². The van der Waals surface area contributed by atoms with Crippen molar-refractivity contribution in [1.29, 1.82) is 0 Å². The number of aromatic amines is 1. The van der Waals surface area contributed by atoms with Gasteiger partial charge >= 0.3 is 5.69 Å². The van der Waals surface area contributed by atoms with Gasteiger partial charge in [0.05, 0.1) is 0 Å². The number of H-pyrrole nitrogens is 1. The molecule has 0 aliphatic heterocycles. The number of nitrogens with one attached hydrogen (secondary N) is 1. The van der Waals surface area contributed by atoms with Crippen LogP contribution >= 0.6 is 11.6 Å². The quantitative estimate of drug-likeness (QED) is 0.794. The van der Waals surface area contributed by atoms with E-state index in [0.717, 1.165) is 11.0 Å². The van der Waals surface area contributed by atoms with Gasteiger partial charge in [0.2, 0.25) is 0 Å². The molecule has 0 aromatic carbocycles. The molecule has 0 bridgehead atoms. The molecular weight excluding hydrogens is 244 g/mol. The van der Waals surface area contributed by atoms with Crippen LogP contribution in [0.15, 0.2) is 9.59 Å². The van der Waals surface area contributed by atoms with Gasteiger partial charge in [-0.3, -0.25) is 13.9 Å². The Kier molecular flexibility index (Phi) is 3.06. The molecule has 7 heteroatoms. The van der Waals surface area contributed by atoms with Gasteiger partial charge in [0.25, 0.3) is 5.56 Å². The average molecular weight is 257 g/mol. The number of aromatic nitrogens is 4. The zero-order valence-corrected chi connectivity index (χ0v) is 10.4. The molecule has 0 fully saturated rings. The van der Waals surface area contributed by atoms with Gasteiger partial charge in [-0.15, -0.1) is 11.6 Å². The SMILES string of the molecule is Cn1c(=O)c2[nH]c(CCCCl)nc2n(C)c1=O. The second kappa shape index (κ2) is 4.37. The molecule has 2 rings (SSSR count). The van der Waals surface area contributed by atoms with E-state index < -0.39 is 0 Å². The summed E-state index contributed by atoms with van der Waals surface area (Å²) in [5.41, 5.74) is 0.0208. The molecule has 0 atom stereocenters. The highest BCUT2D eigenvalue weighted by atomic mass is 35.5. The van der Waals surface area contributed by atoms with E-state index >= 15 is 0 Å². The molecule has 92 valence electrons. The highest BCUT2D eigenvalue weighted by Gasteiger charge is 2.12. The Labute approximate surface area is 102 Å². The van der Waals surface area contributed by atoms with Gasteiger partial charge in [-0.2, -0.15) is 0 Å². The fourth-order valence-electron chi connectivity index (χ4n) is 1.73. The van der Waals surface area contributed by atoms with Crippen molar-refractivity contribution in [2.45, 2.75) is 12.8 Å². The number of aryl methyl sites for hydroxylation is 2. The monoisotopic (exact) mass is 256 g/mol. The first-order chi connectivity index (χ1) is 8.06. The van der Waals surface area contributed by atoms with Crippen LogP contribution in [0.2, 0.25) is 0 Å². The Morgan fingerprint density at radius 3 is 2.65 bits per heavy atom. The van der Waals surface area contributed by atoms with Crippen LogP contribution in [0.4, 0.5) is 0 Å². The largest absolute Gasteiger partial charge is 0.336 e. The lowest BCUT2D eigenvalue weighted by Crippen LogP contribution is -2.36. The highest BCUT2D eigenvalue weighted by molar-refractivity contribution is 6.17. The number of nitrogens with zero attached hydrogens (tertiary/aromatic N) is 3. The summed E-state index contributed by atoms with van der Waals surface area (Å²) in [6.45, 7) is 0. The van der Waals surface area contributed by atoms with Crippen LogP contribution in [0.1, 0.15) is 12.2 Å². The second-order valence-electron chi connectivity index (χ2n) is 3.88. The molecule has 0 saturated heterocycles. The Morgan fingerprint density at radius 1 is 1.29 bits per heavy atom. The number of hydrogen-bond acceptors (Lipinski definition) is 3. The molecule has 1 N–H and O–H groups in total. The van der Waals surface area contributed by atoms with E-state index in [1.54, 1.807) is 7.05 Å². The minimum absolute atomic E-state index is 0.354. The predicted molar refractivity (Wildman–Crippen MR) is 65.6 cm³/mol. The van der Waals surface area contributed by atoms with Crippen LogP contribution in [0, 0.1) is 0 Å². The summed E-state index contributed by atoms with van der Waals surface area (Å²) in [5, 5.41) is 0. The summed E-state index contributed by atoms with van der Waals surface area (Å²) in [5.74, 6) is 1.22. The van der Waals surface area contributed by atoms with Crippen molar-refractivity contribution >= 4 is 22.8 Å². The van der Waals surface area contributed by atoms with Crippen LogP contribution in [0.3, 0.4) is 0 Å². The molecule has 0 aliphatic carbocycles. The second-order valence-corrected chi connectivity index (χ2v) is 4.26. The van der Waals surface area contributed by atoms with Crippen LogP contribution in [-0.4, -0.2) is 25.0 Å². The van der Waals surface area contributed by atoms with Gasteiger partial charge in [0.15, 0.2) is 5.65 Å². The van der Waals surface area contributed by atoms with Crippen LogP contribution in [0.25, 0.3) is 11.2 Å². The van der Waals surface area contributed by atoms with E-state index in [2.05, 4.69) is 9.97 Å². The van der Waals surface area contributed by atoms with Crippen molar-refractivity contribution in [1.82, 2.24) is 19.1 Å². The Morgan fingerprint density at radius 2 is 2.00 bits per heavy atom. The molecule has 2 aromatic rings. The minimum Gasteiger partial charge on any atom is -0.336 e. The lowest BCUT2D eigenvalue weighted by Gasteiger charge is -2.00. The Hall–Kier alpha value is -1.56. The molecule has 2 aromatic heterocycles. The summed E-state index contributed by atoms with van der Waals surface area (Å²) in [7, 11) is 3.04. The van der Waals surface area contributed by atoms with Crippen molar-refractivity contribution in [2.24, 2.45) is 14.1 Å². The van der Waals surface area contributed by atoms with Crippen molar-refractivity contribution < 1.29 is 0 Å². The lowest BCUT2D eigenvalue weighted by molar-refractivity contribution is 0.708. The Bertz CT molecular complexity index is 667. The average Bonchev–Trinajstić information content (AvgIpc) is 2.75. The molecular formula is C10H13ClN4O2. The lowest BCUT2D eigenvalue weighted by atomic mass is 10.3. The van der Waals surface area contributed by atoms with Crippen molar-refractivity contribution in [3.63, 3.8) is 0 Å². The third-order valence-corrected chi connectivity index (χ3v) is 2.96. The topological polar surface area (TPSA) is 72.7 Å². The van der Waals surface area contributed by atoms with E-state index in [-0.39, 0.29) is 11.2 Å². The van der Waals surface area contributed by atoms with E-state index in [1.807, 2.05) is 0 Å². The van der Waals surface area contributed by atoms with E-state index in [9.17, 15) is 9.59 Å². The van der Waals surface area contributed by atoms with E-state index in [1.165, 1.54) is 11.6 Å². The normalized spacial score (nSPS) is 11.2. The molecule has 0 saturated carbocycles. The molecule has 0 aliphatic rings. The van der Waals surface area contributed by atoms with E-state index in [0.29, 0.717) is 29.3 Å². The third-order valence-electron chi connectivity index (χ3n) is 2.69. The number of halogens is 1. The van der Waals surface area contributed by atoms with Gasteiger partial charge in [-0.25, -0.2) is 9.78 Å². The zero-order valence-electron chi connectivity index (χ0n) is 9.66. The van der Waals surface area contributed by atoms with E-state index in [4.69, 9.17) is 11.6 Å². The number of fused-ring (bicyclic) bond motifs is 1. The van der Waals surface area contributed by atoms with Gasteiger partial charge < -0.3 is 4.98 Å². The smallest absolute Gasteiger partial charge is 0.332 e. The summed E-state index contributed by atoms with van der Waals surface area (Å²) in [6.07, 6.45) is 1.44. The van der Waals surface area contributed by atoms with Gasteiger partial charge in [0, 0.05) is 26.4 Å². The highest BCUT2D eigenvalue weighted by Crippen LogP contribution is 2.06. The first-order valence-corrected chi connectivity index (χ1v) is 5.80. The Balaban J connectivity index is 2.69. The fourth-order valence-corrected chi connectivity index (χ4v) is 1.86. The number of imidazole rings is 1. The summed E-state index contributed by atoms with van der Waals surface area (Å²) in [6, 6.07) is 0. The molecule has 0 radical (unpaired) electrons. The molecule has 0 amide bonds. The number of alkyl halides is 1. The molecule has 0 unspecified atom stereocenters. The van der Waals surface area contributed by atoms with Gasteiger partial charge in [0.1, 0.15) is 11.3 Å². The molecule has 6 nitrogen and oxygen atoms in total.